The lowest BCUT2D eigenvalue weighted by Gasteiger charge is -2.44. The van der Waals surface area contributed by atoms with Crippen LogP contribution in [-0.2, 0) is 4.74 Å². The highest BCUT2D eigenvalue weighted by Crippen LogP contribution is 2.35. The molecule has 0 N–H and O–H groups in total. The summed E-state index contributed by atoms with van der Waals surface area (Å²) in [7, 11) is 0. The van der Waals surface area contributed by atoms with E-state index in [-0.39, 0.29) is 40.2 Å². The van der Waals surface area contributed by atoms with Crippen LogP contribution in [0, 0.1) is 0 Å². The average molecular weight is 591 g/mol. The first kappa shape index (κ1) is 30.0. The van der Waals surface area contributed by atoms with E-state index >= 15 is 0 Å². The predicted octanol–water partition coefficient (Wildman–Crippen LogP) is 5.96. The molecule has 1 aliphatic heterocycles. The first-order chi connectivity index (χ1) is 18.6. The molecule has 1 aliphatic rings. The fourth-order valence-electron chi connectivity index (χ4n) is 4.98. The highest BCUT2D eigenvalue weighted by atomic mass is 35.5. The zero-order valence-electron chi connectivity index (χ0n) is 24.5. The van der Waals surface area contributed by atoms with Crippen molar-refractivity contribution in [3.63, 3.8) is 0 Å². The Morgan fingerprint density at radius 2 is 1.60 bits per heavy atom. The molecular weight excluding hydrogens is 553 g/mol. The molecule has 0 bridgehead atoms. The van der Waals surface area contributed by atoms with Gasteiger partial charge in [-0.15, -0.1) is 0 Å². The van der Waals surface area contributed by atoms with Gasteiger partial charge in [-0.2, -0.15) is 4.98 Å². The molecule has 4 rings (SSSR count). The zero-order chi connectivity index (χ0) is 29.7. The molecule has 0 aliphatic carbocycles. The van der Waals surface area contributed by atoms with Crippen molar-refractivity contribution in [2.75, 3.05) is 18.0 Å². The van der Waals surface area contributed by atoms with Crippen molar-refractivity contribution in [2.45, 2.75) is 91.8 Å². The van der Waals surface area contributed by atoms with Crippen LogP contribution in [0.25, 0.3) is 16.7 Å². The first-order valence-corrected chi connectivity index (χ1v) is 14.3. The maximum atomic E-state index is 13.9. The molecular formula is C28H37Cl2N7O3. The second-order valence-electron chi connectivity index (χ2n) is 12.0. The molecule has 4 heterocycles. The maximum absolute atomic E-state index is 13.9. The molecule has 40 heavy (non-hydrogen) atoms. The highest BCUT2D eigenvalue weighted by molar-refractivity contribution is 6.41. The van der Waals surface area contributed by atoms with Crippen molar-refractivity contribution >= 4 is 46.1 Å². The number of pyridine rings is 1. The number of carbonyl (C=O) groups is 1. The number of rotatable bonds is 4. The summed E-state index contributed by atoms with van der Waals surface area (Å²) < 4.78 is 7.08. The normalized spacial score (nSPS) is 18.2. The number of piperazine rings is 1. The van der Waals surface area contributed by atoms with E-state index in [1.807, 2.05) is 67.2 Å². The molecule has 0 aromatic carbocycles. The summed E-state index contributed by atoms with van der Waals surface area (Å²) in [4.78, 5) is 48.8. The number of carbonyl (C=O) groups excluding carboxylic acids is 1. The predicted molar refractivity (Wildman–Crippen MR) is 158 cm³/mol. The summed E-state index contributed by atoms with van der Waals surface area (Å²) in [5.41, 5.74) is 1.16. The minimum atomic E-state index is -0.605. The maximum Gasteiger partial charge on any atom is 0.410 e. The molecule has 1 fully saturated rings. The van der Waals surface area contributed by atoms with Gasteiger partial charge in [-0.25, -0.2) is 29.1 Å². The summed E-state index contributed by atoms with van der Waals surface area (Å²) in [5.74, 6) is 0.433. The Hall–Kier alpha value is -2.98. The lowest BCUT2D eigenvalue weighted by atomic mass is 10.0. The molecule has 3 aromatic rings. The van der Waals surface area contributed by atoms with Gasteiger partial charge >= 0.3 is 11.8 Å². The van der Waals surface area contributed by atoms with Gasteiger partial charge in [0.05, 0.1) is 27.5 Å². The molecule has 12 heteroatoms. The van der Waals surface area contributed by atoms with E-state index < -0.39 is 11.3 Å². The fraction of sp³-hybridized carbons (Fsp3) is 0.571. The standard InChI is InChI=1S/C28H37Cl2N7O3/c1-14(2)20-22(21(15(3)4)32-13-31-20)37-25-18(10-19(29)23(30)33-25)24(34-26(37)38)35-11-17(6)36(12-16(35)5)27(39)40-28(7,8)9/h10,13-17H,11-12H2,1-9H3/t16-,17-/m0/s1. The summed E-state index contributed by atoms with van der Waals surface area (Å²) >= 11 is 12.9. The van der Waals surface area contributed by atoms with Gasteiger partial charge in [0.25, 0.3) is 0 Å². The minimum Gasteiger partial charge on any atom is -0.444 e. The molecule has 10 nitrogen and oxygen atoms in total. The highest BCUT2D eigenvalue weighted by Gasteiger charge is 2.36. The molecule has 0 unspecified atom stereocenters. The Bertz CT molecular complexity index is 1470. The van der Waals surface area contributed by atoms with E-state index in [9.17, 15) is 9.59 Å². The van der Waals surface area contributed by atoms with E-state index in [2.05, 4.69) is 19.9 Å². The minimum absolute atomic E-state index is 0.00158. The lowest BCUT2D eigenvalue weighted by Crippen LogP contribution is -2.59. The number of nitrogens with zero attached hydrogens (tertiary/aromatic N) is 7. The van der Waals surface area contributed by atoms with E-state index in [4.69, 9.17) is 27.9 Å². The lowest BCUT2D eigenvalue weighted by molar-refractivity contribution is 0.0130. The fourth-order valence-corrected chi connectivity index (χ4v) is 5.27. The number of halogens is 2. The van der Waals surface area contributed by atoms with Gasteiger partial charge in [0, 0.05) is 25.2 Å². The third kappa shape index (κ3) is 5.74. The first-order valence-electron chi connectivity index (χ1n) is 13.5. The van der Waals surface area contributed by atoms with Crippen LogP contribution in [0.15, 0.2) is 17.2 Å². The van der Waals surface area contributed by atoms with Crippen molar-refractivity contribution in [2.24, 2.45) is 0 Å². The third-order valence-corrected chi connectivity index (χ3v) is 7.51. The second kappa shape index (κ2) is 11.1. The molecule has 0 spiro atoms. The number of hydrogen-bond acceptors (Lipinski definition) is 8. The Kier molecular flexibility index (Phi) is 8.34. The van der Waals surface area contributed by atoms with Crippen LogP contribution in [0.5, 0.6) is 0 Å². The van der Waals surface area contributed by atoms with Gasteiger partial charge in [0.15, 0.2) is 5.65 Å². The second-order valence-corrected chi connectivity index (χ2v) is 12.7. The van der Waals surface area contributed by atoms with E-state index in [1.54, 1.807) is 11.0 Å². The Morgan fingerprint density at radius 3 is 2.15 bits per heavy atom. The van der Waals surface area contributed by atoms with E-state index in [1.165, 1.54) is 10.9 Å². The number of anilines is 1. The number of fused-ring (bicyclic) bond motifs is 1. The van der Waals surface area contributed by atoms with Crippen LogP contribution >= 0.6 is 23.2 Å². The van der Waals surface area contributed by atoms with Crippen LogP contribution in [0.1, 0.15) is 85.5 Å². The van der Waals surface area contributed by atoms with E-state index in [0.29, 0.717) is 47.0 Å². The summed E-state index contributed by atoms with van der Waals surface area (Å²) in [6.45, 7) is 18.3. The Labute approximate surface area is 244 Å². The van der Waals surface area contributed by atoms with E-state index in [0.717, 1.165) is 0 Å². The zero-order valence-corrected chi connectivity index (χ0v) is 26.0. The Balaban J connectivity index is 1.91. The molecule has 216 valence electrons. The van der Waals surface area contributed by atoms with Crippen molar-refractivity contribution in [3.05, 3.63) is 44.4 Å². The van der Waals surface area contributed by atoms with Crippen LogP contribution in [0.3, 0.4) is 0 Å². The number of aromatic nitrogens is 5. The van der Waals surface area contributed by atoms with Crippen LogP contribution in [-0.4, -0.2) is 66.3 Å². The Morgan fingerprint density at radius 1 is 1.00 bits per heavy atom. The largest absolute Gasteiger partial charge is 0.444 e. The summed E-state index contributed by atoms with van der Waals surface area (Å²) in [6.07, 6.45) is 1.15. The van der Waals surface area contributed by atoms with Crippen molar-refractivity contribution < 1.29 is 9.53 Å². The quantitative estimate of drug-likeness (QED) is 0.343. The van der Waals surface area contributed by atoms with Gasteiger partial charge in [-0.1, -0.05) is 50.9 Å². The molecule has 1 saturated heterocycles. The topological polar surface area (TPSA) is 106 Å². The smallest absolute Gasteiger partial charge is 0.410 e. The van der Waals surface area contributed by atoms with Crippen molar-refractivity contribution in [3.8, 4) is 5.69 Å². The van der Waals surface area contributed by atoms with Gasteiger partial charge < -0.3 is 14.5 Å². The van der Waals surface area contributed by atoms with Gasteiger partial charge in [-0.3, -0.25) is 0 Å². The van der Waals surface area contributed by atoms with Gasteiger partial charge in [0.1, 0.15) is 22.9 Å². The molecule has 2 atom stereocenters. The summed E-state index contributed by atoms with van der Waals surface area (Å²) in [6, 6.07) is 1.31. The van der Waals surface area contributed by atoms with Crippen LogP contribution in [0.2, 0.25) is 10.2 Å². The monoisotopic (exact) mass is 589 g/mol. The van der Waals surface area contributed by atoms with Gasteiger partial charge in [0.2, 0.25) is 0 Å². The average Bonchev–Trinajstić information content (AvgIpc) is 2.84. The van der Waals surface area contributed by atoms with Crippen LogP contribution < -0.4 is 10.6 Å². The molecule has 0 saturated carbocycles. The number of amides is 1. The summed E-state index contributed by atoms with van der Waals surface area (Å²) in [5, 5.41) is 0.879. The van der Waals surface area contributed by atoms with Gasteiger partial charge in [-0.05, 0) is 52.5 Å². The van der Waals surface area contributed by atoms with Crippen molar-refractivity contribution in [1.82, 2.24) is 29.4 Å². The third-order valence-electron chi connectivity index (χ3n) is 6.84. The molecule has 3 aromatic heterocycles. The number of hydrogen-bond donors (Lipinski definition) is 0. The van der Waals surface area contributed by atoms with Crippen molar-refractivity contribution in [1.29, 1.82) is 0 Å². The number of ether oxygens (including phenoxy) is 1. The SMILES string of the molecule is CC(C)c1ncnc(C(C)C)c1-n1c(=O)nc(N2C[C@H](C)N(C(=O)OC(C)(C)C)C[C@@H]2C)c2cc(Cl)c(Cl)nc21. The van der Waals surface area contributed by atoms with Crippen LogP contribution in [0.4, 0.5) is 10.6 Å². The molecule has 0 radical (unpaired) electrons. The molecule has 1 amide bonds.